The highest BCUT2D eigenvalue weighted by Crippen LogP contribution is 2.25. The van der Waals surface area contributed by atoms with Gasteiger partial charge in [0.15, 0.2) is 5.16 Å². The number of aryl methyl sites for hydroxylation is 2. The predicted octanol–water partition coefficient (Wildman–Crippen LogP) is 4.49. The lowest BCUT2D eigenvalue weighted by Crippen LogP contribution is -2.34. The fraction of sp³-hybridized carbons (Fsp3) is 0.375. The molecule has 0 spiro atoms. The van der Waals surface area contributed by atoms with Crippen molar-refractivity contribution in [1.82, 2.24) is 14.9 Å². The Bertz CT molecular complexity index is 1040. The van der Waals surface area contributed by atoms with E-state index in [1.165, 1.54) is 11.8 Å². The van der Waals surface area contributed by atoms with Crippen molar-refractivity contribution in [3.8, 4) is 0 Å². The Morgan fingerprint density at radius 1 is 1.06 bits per heavy atom. The van der Waals surface area contributed by atoms with Gasteiger partial charge < -0.3 is 15.2 Å². The Kier molecular flexibility index (Phi) is 8.12. The van der Waals surface area contributed by atoms with Crippen LogP contribution in [-0.4, -0.2) is 33.7 Å². The Balaban J connectivity index is 1.55. The number of nitrogens with one attached hydrogen (secondary N) is 2. The van der Waals surface area contributed by atoms with Gasteiger partial charge >= 0.3 is 0 Å². The number of nitrogens with zero attached hydrogens (tertiary/aromatic N) is 2. The minimum Gasteiger partial charge on any atom is -0.346 e. The number of para-hydroxylation sites is 3. The molecule has 6 nitrogen and oxygen atoms in total. The van der Waals surface area contributed by atoms with Crippen molar-refractivity contribution in [3.05, 3.63) is 54.1 Å². The van der Waals surface area contributed by atoms with E-state index in [-0.39, 0.29) is 24.1 Å². The second-order valence-corrected chi connectivity index (χ2v) is 8.78. The van der Waals surface area contributed by atoms with E-state index in [0.717, 1.165) is 46.8 Å². The van der Waals surface area contributed by atoms with Crippen LogP contribution in [-0.2, 0) is 22.6 Å². The number of fused-ring (bicyclic) bond motifs is 1. The maximum atomic E-state index is 12.3. The van der Waals surface area contributed by atoms with Gasteiger partial charge in [0.25, 0.3) is 0 Å². The highest BCUT2D eigenvalue weighted by molar-refractivity contribution is 7.99. The molecule has 3 rings (SSSR count). The first-order valence-electron chi connectivity index (χ1n) is 10.7. The molecule has 7 heteroatoms. The molecule has 0 aliphatic rings. The number of amides is 2. The zero-order chi connectivity index (χ0) is 22.2. The number of thioether (sulfide) groups is 1. The van der Waals surface area contributed by atoms with Gasteiger partial charge in [-0.05, 0) is 42.5 Å². The first kappa shape index (κ1) is 22.9. The van der Waals surface area contributed by atoms with E-state index < -0.39 is 0 Å². The smallest absolute Gasteiger partial charge is 0.243 e. The Labute approximate surface area is 187 Å². The van der Waals surface area contributed by atoms with Crippen molar-refractivity contribution in [1.29, 1.82) is 0 Å². The Hall–Kier alpha value is -2.80. The van der Waals surface area contributed by atoms with Crippen LogP contribution in [0.3, 0.4) is 0 Å². The fourth-order valence-corrected chi connectivity index (χ4v) is 4.14. The minimum absolute atomic E-state index is 0.0544. The normalized spacial score (nSPS) is 11.1. The lowest BCUT2D eigenvalue weighted by atomic mass is 10.1. The zero-order valence-electron chi connectivity index (χ0n) is 18.4. The maximum absolute atomic E-state index is 12.3. The van der Waals surface area contributed by atoms with Crippen molar-refractivity contribution in [3.63, 3.8) is 0 Å². The molecule has 164 valence electrons. The van der Waals surface area contributed by atoms with Crippen molar-refractivity contribution in [2.45, 2.75) is 45.3 Å². The molecular formula is C24H30N4O2S. The van der Waals surface area contributed by atoms with E-state index in [1.807, 2.05) is 49.4 Å². The number of carbonyl (C=O) groups excluding carboxylic acids is 2. The summed E-state index contributed by atoms with van der Waals surface area (Å²) < 4.78 is 2.18. The number of imidazole rings is 1. The largest absolute Gasteiger partial charge is 0.346 e. The van der Waals surface area contributed by atoms with E-state index in [1.54, 1.807) is 0 Å². The third kappa shape index (κ3) is 6.34. The molecular weight excluding hydrogens is 408 g/mol. The number of benzene rings is 2. The summed E-state index contributed by atoms with van der Waals surface area (Å²) in [5.41, 5.74) is 3.87. The molecule has 3 aromatic rings. The molecule has 0 saturated heterocycles. The highest BCUT2D eigenvalue weighted by atomic mass is 32.2. The predicted molar refractivity (Wildman–Crippen MR) is 127 cm³/mol. The summed E-state index contributed by atoms with van der Waals surface area (Å²) in [5.74, 6) is 0.373. The molecule has 0 unspecified atom stereocenters. The summed E-state index contributed by atoms with van der Waals surface area (Å²) in [6, 6.07) is 15.7. The van der Waals surface area contributed by atoms with E-state index in [4.69, 9.17) is 4.98 Å². The summed E-state index contributed by atoms with van der Waals surface area (Å²) in [6.45, 7) is 7.24. The maximum Gasteiger partial charge on any atom is 0.243 e. The van der Waals surface area contributed by atoms with Crippen LogP contribution in [0.5, 0.6) is 0 Å². The molecule has 0 aliphatic carbocycles. The summed E-state index contributed by atoms with van der Waals surface area (Å²) in [6.07, 6.45) is 1.87. The number of hydrogen-bond donors (Lipinski definition) is 2. The lowest BCUT2D eigenvalue weighted by molar-refractivity contribution is -0.122. The van der Waals surface area contributed by atoms with Crippen LogP contribution >= 0.6 is 11.8 Å². The average Bonchev–Trinajstić information content (AvgIpc) is 3.12. The second kappa shape index (κ2) is 11.0. The molecule has 0 radical (unpaired) electrons. The highest BCUT2D eigenvalue weighted by Gasteiger charge is 2.14. The van der Waals surface area contributed by atoms with Gasteiger partial charge in [-0.15, -0.1) is 0 Å². The van der Waals surface area contributed by atoms with Crippen LogP contribution in [0.15, 0.2) is 53.7 Å². The van der Waals surface area contributed by atoms with E-state index in [0.29, 0.717) is 5.92 Å². The van der Waals surface area contributed by atoms with Gasteiger partial charge in [0, 0.05) is 12.2 Å². The molecule has 0 aliphatic heterocycles. The zero-order valence-corrected chi connectivity index (χ0v) is 19.2. The van der Waals surface area contributed by atoms with Crippen LogP contribution < -0.4 is 10.6 Å². The molecule has 0 bridgehead atoms. The number of hydrogen-bond acceptors (Lipinski definition) is 4. The monoisotopic (exact) mass is 438 g/mol. The molecule has 31 heavy (non-hydrogen) atoms. The summed E-state index contributed by atoms with van der Waals surface area (Å²) in [5, 5.41) is 6.40. The average molecular weight is 439 g/mol. The van der Waals surface area contributed by atoms with Gasteiger partial charge in [-0.25, -0.2) is 4.98 Å². The fourth-order valence-electron chi connectivity index (χ4n) is 3.27. The molecule has 2 aromatic carbocycles. The van der Waals surface area contributed by atoms with Gasteiger partial charge in [-0.2, -0.15) is 0 Å². The number of rotatable bonds is 10. The van der Waals surface area contributed by atoms with Gasteiger partial charge in [0.2, 0.25) is 11.8 Å². The standard InChI is InChI=1S/C24H30N4O2S/c1-4-18-9-5-6-10-19(18)26-22(29)15-25-23(30)16-31-24-27-20-11-7-8-12-21(20)28(24)14-13-17(2)3/h5-12,17H,4,13-16H2,1-3H3,(H,25,30)(H,26,29). The topological polar surface area (TPSA) is 76.0 Å². The number of anilines is 1. The molecule has 1 aromatic heterocycles. The molecule has 0 fully saturated rings. The number of carbonyl (C=O) groups is 2. The molecule has 1 heterocycles. The molecule has 2 amide bonds. The third-order valence-electron chi connectivity index (χ3n) is 5.00. The van der Waals surface area contributed by atoms with Crippen molar-refractivity contribution in [2.75, 3.05) is 17.6 Å². The van der Waals surface area contributed by atoms with Crippen LogP contribution in [0, 0.1) is 5.92 Å². The second-order valence-electron chi connectivity index (χ2n) is 7.84. The van der Waals surface area contributed by atoms with Crippen molar-refractivity contribution >= 4 is 40.3 Å². The van der Waals surface area contributed by atoms with Crippen molar-refractivity contribution in [2.24, 2.45) is 5.92 Å². The summed E-state index contributed by atoms with van der Waals surface area (Å²) >= 11 is 1.40. The molecule has 2 N–H and O–H groups in total. The van der Waals surface area contributed by atoms with E-state index in [9.17, 15) is 9.59 Å². The Morgan fingerprint density at radius 2 is 1.81 bits per heavy atom. The SMILES string of the molecule is CCc1ccccc1NC(=O)CNC(=O)CSc1nc2ccccc2n1CCC(C)C. The van der Waals surface area contributed by atoms with Crippen LogP contribution in [0.25, 0.3) is 11.0 Å². The lowest BCUT2D eigenvalue weighted by Gasteiger charge is -2.11. The van der Waals surface area contributed by atoms with Crippen LogP contribution in [0.4, 0.5) is 5.69 Å². The van der Waals surface area contributed by atoms with Gasteiger partial charge in [0.05, 0.1) is 23.3 Å². The van der Waals surface area contributed by atoms with Gasteiger partial charge in [-0.1, -0.05) is 62.9 Å². The molecule has 0 atom stereocenters. The van der Waals surface area contributed by atoms with Crippen LogP contribution in [0.2, 0.25) is 0 Å². The van der Waals surface area contributed by atoms with Crippen molar-refractivity contribution < 1.29 is 9.59 Å². The Morgan fingerprint density at radius 3 is 2.58 bits per heavy atom. The van der Waals surface area contributed by atoms with E-state index in [2.05, 4.69) is 35.1 Å². The number of aromatic nitrogens is 2. The first-order chi connectivity index (χ1) is 15.0. The first-order valence-corrected chi connectivity index (χ1v) is 11.7. The van der Waals surface area contributed by atoms with Gasteiger partial charge in [0.1, 0.15) is 0 Å². The van der Waals surface area contributed by atoms with E-state index >= 15 is 0 Å². The molecule has 0 saturated carbocycles. The quantitative estimate of drug-likeness (QED) is 0.457. The van der Waals surface area contributed by atoms with Gasteiger partial charge in [-0.3, -0.25) is 9.59 Å². The van der Waals surface area contributed by atoms with Crippen LogP contribution in [0.1, 0.15) is 32.8 Å². The minimum atomic E-state index is -0.233. The summed E-state index contributed by atoms with van der Waals surface area (Å²) in [4.78, 5) is 29.3. The summed E-state index contributed by atoms with van der Waals surface area (Å²) in [7, 11) is 0. The third-order valence-corrected chi connectivity index (χ3v) is 5.98.